The molecule has 0 radical (unpaired) electrons. The van der Waals surface area contributed by atoms with Gasteiger partial charge < -0.3 is 23.7 Å². The van der Waals surface area contributed by atoms with Gasteiger partial charge in [0, 0.05) is 12.0 Å². The molecule has 3 aliphatic heterocycles. The lowest BCUT2D eigenvalue weighted by atomic mass is 10.0. The Bertz CT molecular complexity index is 479. The molecule has 3 fully saturated rings. The molecule has 0 bridgehead atoms. The van der Waals surface area contributed by atoms with E-state index in [2.05, 4.69) is 0 Å². The average Bonchev–Trinajstić information content (AvgIpc) is 2.95. The first kappa shape index (κ1) is 13.7. The first-order chi connectivity index (χ1) is 10.3. The summed E-state index contributed by atoms with van der Waals surface area (Å²) in [5.74, 6) is 0. The van der Waals surface area contributed by atoms with Crippen molar-refractivity contribution in [1.82, 2.24) is 0 Å². The van der Waals surface area contributed by atoms with E-state index in [1.807, 2.05) is 37.3 Å². The number of rotatable bonds is 2. The minimum Gasteiger partial charge on any atom is -0.346 e. The normalized spacial score (nSPS) is 42.3. The zero-order valence-electron chi connectivity index (χ0n) is 12.0. The van der Waals surface area contributed by atoms with E-state index in [1.54, 1.807) is 0 Å². The van der Waals surface area contributed by atoms with Crippen molar-refractivity contribution in [2.75, 3.05) is 6.61 Å². The summed E-state index contributed by atoms with van der Waals surface area (Å²) >= 11 is 0. The molecule has 3 aliphatic rings. The van der Waals surface area contributed by atoms with E-state index in [0.29, 0.717) is 6.61 Å². The molecular weight excluding hydrogens is 272 g/mol. The van der Waals surface area contributed by atoms with Gasteiger partial charge in [0.2, 0.25) is 0 Å². The van der Waals surface area contributed by atoms with Crippen LogP contribution in [-0.2, 0) is 23.7 Å². The molecule has 3 heterocycles. The number of ether oxygens (including phenoxy) is 5. The van der Waals surface area contributed by atoms with Crippen LogP contribution in [0.2, 0.25) is 0 Å². The van der Waals surface area contributed by atoms with Gasteiger partial charge in [0.05, 0.1) is 12.7 Å². The SMILES string of the molecule is CCC1O[C@H]2O[C@@H]3COC(c4ccccc4)O[C@@H]3C[C@H]2O1. The summed E-state index contributed by atoms with van der Waals surface area (Å²) in [5, 5.41) is 0. The zero-order valence-corrected chi connectivity index (χ0v) is 12.0. The molecule has 0 aliphatic carbocycles. The topological polar surface area (TPSA) is 46.2 Å². The van der Waals surface area contributed by atoms with E-state index in [9.17, 15) is 0 Å². The molecule has 0 N–H and O–H groups in total. The van der Waals surface area contributed by atoms with E-state index in [1.165, 1.54) is 0 Å². The Morgan fingerprint density at radius 1 is 0.952 bits per heavy atom. The molecule has 2 unspecified atom stereocenters. The fraction of sp³-hybridized carbons (Fsp3) is 0.625. The second-order valence-corrected chi connectivity index (χ2v) is 5.68. The van der Waals surface area contributed by atoms with Crippen molar-refractivity contribution >= 4 is 0 Å². The molecule has 1 aromatic rings. The van der Waals surface area contributed by atoms with E-state index >= 15 is 0 Å². The fourth-order valence-corrected chi connectivity index (χ4v) is 3.10. The monoisotopic (exact) mass is 292 g/mol. The van der Waals surface area contributed by atoms with Gasteiger partial charge in [-0.25, -0.2) is 0 Å². The third-order valence-corrected chi connectivity index (χ3v) is 4.22. The standard InChI is InChI=1S/C16H20O5/c1-2-14-18-12-8-11-13(20-16(12)21-14)9-17-15(19-11)10-6-4-3-5-7-10/h3-7,11-16H,2,8-9H2,1H3/t11-,12-,13-,14?,15?,16-/m1/s1. The van der Waals surface area contributed by atoms with Crippen molar-refractivity contribution < 1.29 is 23.7 Å². The van der Waals surface area contributed by atoms with Crippen LogP contribution < -0.4 is 0 Å². The fourth-order valence-electron chi connectivity index (χ4n) is 3.10. The van der Waals surface area contributed by atoms with E-state index in [-0.39, 0.29) is 37.2 Å². The van der Waals surface area contributed by atoms with Gasteiger partial charge in [0.15, 0.2) is 18.9 Å². The van der Waals surface area contributed by atoms with Crippen molar-refractivity contribution in [2.45, 2.75) is 56.9 Å². The number of fused-ring (bicyclic) bond motifs is 2. The van der Waals surface area contributed by atoms with Crippen LogP contribution in [0.1, 0.15) is 31.6 Å². The highest BCUT2D eigenvalue weighted by Crippen LogP contribution is 2.38. The highest BCUT2D eigenvalue weighted by atomic mass is 16.8. The summed E-state index contributed by atoms with van der Waals surface area (Å²) < 4.78 is 29.4. The molecule has 5 nitrogen and oxygen atoms in total. The maximum absolute atomic E-state index is 6.07. The molecule has 0 spiro atoms. The second kappa shape index (κ2) is 5.66. The molecule has 3 saturated heterocycles. The van der Waals surface area contributed by atoms with Gasteiger partial charge in [-0.05, 0) is 6.42 Å². The maximum atomic E-state index is 6.07. The minimum atomic E-state index is -0.322. The minimum absolute atomic E-state index is 0.00980. The summed E-state index contributed by atoms with van der Waals surface area (Å²) in [6, 6.07) is 9.99. The molecule has 4 rings (SSSR count). The quantitative estimate of drug-likeness (QED) is 0.837. The van der Waals surface area contributed by atoms with E-state index in [4.69, 9.17) is 23.7 Å². The van der Waals surface area contributed by atoms with Crippen LogP contribution >= 0.6 is 0 Å². The molecule has 114 valence electrons. The van der Waals surface area contributed by atoms with Crippen LogP contribution in [0.5, 0.6) is 0 Å². The predicted molar refractivity (Wildman–Crippen MR) is 73.3 cm³/mol. The largest absolute Gasteiger partial charge is 0.346 e. The second-order valence-electron chi connectivity index (χ2n) is 5.68. The molecular formula is C16H20O5. The summed E-state index contributed by atoms with van der Waals surface area (Å²) in [4.78, 5) is 0. The lowest BCUT2D eigenvalue weighted by Crippen LogP contribution is -2.52. The van der Waals surface area contributed by atoms with Crippen molar-refractivity contribution in [1.29, 1.82) is 0 Å². The van der Waals surface area contributed by atoms with Crippen LogP contribution in [0.25, 0.3) is 0 Å². The van der Waals surface area contributed by atoms with Gasteiger partial charge in [-0.1, -0.05) is 37.3 Å². The zero-order chi connectivity index (χ0) is 14.2. The Kier molecular flexibility index (Phi) is 3.69. The smallest absolute Gasteiger partial charge is 0.187 e. The van der Waals surface area contributed by atoms with Crippen LogP contribution in [0.4, 0.5) is 0 Å². The lowest BCUT2D eigenvalue weighted by Gasteiger charge is -2.42. The molecule has 5 heteroatoms. The molecule has 1 aromatic carbocycles. The average molecular weight is 292 g/mol. The number of hydrogen-bond acceptors (Lipinski definition) is 5. The van der Waals surface area contributed by atoms with Gasteiger partial charge in [0.1, 0.15) is 12.2 Å². The van der Waals surface area contributed by atoms with Crippen LogP contribution in [0.15, 0.2) is 30.3 Å². The molecule has 0 saturated carbocycles. The molecule has 0 amide bonds. The highest BCUT2D eigenvalue weighted by Gasteiger charge is 2.48. The van der Waals surface area contributed by atoms with Crippen LogP contribution in [0, 0.1) is 0 Å². The predicted octanol–water partition coefficient (Wildman–Crippen LogP) is 2.37. The molecule has 21 heavy (non-hydrogen) atoms. The van der Waals surface area contributed by atoms with Gasteiger partial charge >= 0.3 is 0 Å². The number of hydrogen-bond donors (Lipinski definition) is 0. The first-order valence-corrected chi connectivity index (χ1v) is 7.62. The number of benzene rings is 1. The van der Waals surface area contributed by atoms with E-state index in [0.717, 1.165) is 18.4 Å². The first-order valence-electron chi connectivity index (χ1n) is 7.62. The van der Waals surface area contributed by atoms with Crippen molar-refractivity contribution in [2.24, 2.45) is 0 Å². The van der Waals surface area contributed by atoms with Crippen molar-refractivity contribution in [3.8, 4) is 0 Å². The third kappa shape index (κ3) is 2.60. The van der Waals surface area contributed by atoms with Crippen LogP contribution in [-0.4, -0.2) is 37.5 Å². The summed E-state index contributed by atoms with van der Waals surface area (Å²) in [7, 11) is 0. The Labute approximate surface area is 124 Å². The van der Waals surface area contributed by atoms with Gasteiger partial charge in [-0.15, -0.1) is 0 Å². The van der Waals surface area contributed by atoms with Gasteiger partial charge in [-0.3, -0.25) is 0 Å². The third-order valence-electron chi connectivity index (χ3n) is 4.22. The summed E-state index contributed by atoms with van der Waals surface area (Å²) in [6.45, 7) is 2.56. The summed E-state index contributed by atoms with van der Waals surface area (Å²) in [6.07, 6.45) is 0.730. The Balaban J connectivity index is 1.44. The van der Waals surface area contributed by atoms with Crippen LogP contribution in [0.3, 0.4) is 0 Å². The Morgan fingerprint density at radius 3 is 2.62 bits per heavy atom. The van der Waals surface area contributed by atoms with Gasteiger partial charge in [-0.2, -0.15) is 0 Å². The summed E-state index contributed by atoms with van der Waals surface area (Å²) in [5.41, 5.74) is 1.04. The lowest BCUT2D eigenvalue weighted by molar-refractivity contribution is -0.314. The molecule has 6 atom stereocenters. The van der Waals surface area contributed by atoms with Crippen molar-refractivity contribution in [3.05, 3.63) is 35.9 Å². The molecule has 0 aromatic heterocycles. The van der Waals surface area contributed by atoms with Gasteiger partial charge in [0.25, 0.3) is 0 Å². The maximum Gasteiger partial charge on any atom is 0.187 e. The van der Waals surface area contributed by atoms with Crippen molar-refractivity contribution in [3.63, 3.8) is 0 Å². The van der Waals surface area contributed by atoms with E-state index < -0.39 is 0 Å². The Hall–Kier alpha value is -0.980. The highest BCUT2D eigenvalue weighted by molar-refractivity contribution is 5.16. The Morgan fingerprint density at radius 2 is 1.81 bits per heavy atom.